The van der Waals surface area contributed by atoms with Gasteiger partial charge < -0.3 is 10.2 Å². The molecule has 15 heavy (non-hydrogen) atoms. The van der Waals surface area contributed by atoms with Gasteiger partial charge in [0.25, 0.3) is 0 Å². The summed E-state index contributed by atoms with van der Waals surface area (Å²) in [6.07, 6.45) is 1.14. The third-order valence-corrected chi connectivity index (χ3v) is 3.48. The highest BCUT2D eigenvalue weighted by Crippen LogP contribution is 2.29. The second kappa shape index (κ2) is 4.49. The summed E-state index contributed by atoms with van der Waals surface area (Å²) in [6, 6.07) is 5.40. The van der Waals surface area contributed by atoms with E-state index >= 15 is 0 Å². The van der Waals surface area contributed by atoms with Crippen LogP contribution in [-0.4, -0.2) is 26.2 Å². The number of hydrogen-bond acceptors (Lipinski definition) is 2. The maximum Gasteiger partial charge on any atom is 0.124 e. The Hall–Kier alpha value is -0.610. The fourth-order valence-corrected chi connectivity index (χ4v) is 2.55. The third-order valence-electron chi connectivity index (χ3n) is 2.85. The van der Waals surface area contributed by atoms with E-state index in [4.69, 9.17) is 0 Å². The van der Waals surface area contributed by atoms with Crippen molar-refractivity contribution in [2.24, 2.45) is 0 Å². The first kappa shape index (κ1) is 10.9. The number of nitrogens with zero attached hydrogens (tertiary/aromatic N) is 1. The van der Waals surface area contributed by atoms with Crippen LogP contribution in [0.2, 0.25) is 0 Å². The molecule has 82 valence electrons. The van der Waals surface area contributed by atoms with Gasteiger partial charge in [-0.15, -0.1) is 0 Å². The molecule has 1 fully saturated rings. The van der Waals surface area contributed by atoms with Gasteiger partial charge in [0, 0.05) is 23.6 Å². The molecule has 0 radical (unpaired) electrons. The van der Waals surface area contributed by atoms with E-state index in [1.54, 1.807) is 0 Å². The predicted octanol–water partition coefficient (Wildman–Crippen LogP) is 2.39. The smallest absolute Gasteiger partial charge is 0.124 e. The van der Waals surface area contributed by atoms with Crippen molar-refractivity contribution in [3.63, 3.8) is 0 Å². The highest BCUT2D eigenvalue weighted by atomic mass is 79.9. The van der Waals surface area contributed by atoms with Gasteiger partial charge in [0.05, 0.1) is 5.69 Å². The van der Waals surface area contributed by atoms with Crippen molar-refractivity contribution < 1.29 is 4.39 Å². The molecule has 1 atom stereocenters. The van der Waals surface area contributed by atoms with Crippen LogP contribution in [-0.2, 0) is 0 Å². The first-order chi connectivity index (χ1) is 7.20. The van der Waals surface area contributed by atoms with Gasteiger partial charge in [0.2, 0.25) is 0 Å². The molecule has 0 aliphatic carbocycles. The van der Waals surface area contributed by atoms with Crippen LogP contribution in [0.1, 0.15) is 6.42 Å². The Morgan fingerprint density at radius 3 is 2.93 bits per heavy atom. The monoisotopic (exact) mass is 272 g/mol. The van der Waals surface area contributed by atoms with E-state index in [9.17, 15) is 4.39 Å². The quantitative estimate of drug-likeness (QED) is 0.890. The zero-order valence-corrected chi connectivity index (χ0v) is 10.2. The Balaban J connectivity index is 2.17. The molecule has 1 aliphatic rings. The van der Waals surface area contributed by atoms with Gasteiger partial charge in [-0.25, -0.2) is 4.39 Å². The number of hydrogen-bond donors (Lipinski definition) is 1. The lowest BCUT2D eigenvalue weighted by molar-refractivity contribution is 0.616. The molecule has 0 spiro atoms. The molecule has 2 nitrogen and oxygen atoms in total. The van der Waals surface area contributed by atoms with Gasteiger partial charge in [-0.2, -0.15) is 0 Å². The maximum absolute atomic E-state index is 12.9. The Bertz CT molecular complexity index is 356. The maximum atomic E-state index is 12.9. The van der Waals surface area contributed by atoms with Gasteiger partial charge in [-0.3, -0.25) is 0 Å². The number of nitrogens with one attached hydrogen (secondary N) is 1. The summed E-state index contributed by atoms with van der Waals surface area (Å²) in [7, 11) is 1.98. The SMILES string of the molecule is CNC1CCN(c2ccc(F)cc2Br)C1. The molecule has 0 bridgehead atoms. The van der Waals surface area contributed by atoms with Crippen molar-refractivity contribution in [1.29, 1.82) is 0 Å². The summed E-state index contributed by atoms with van der Waals surface area (Å²) in [5.41, 5.74) is 1.08. The van der Waals surface area contributed by atoms with Crippen molar-refractivity contribution >= 4 is 21.6 Å². The minimum absolute atomic E-state index is 0.199. The molecular formula is C11H14BrFN2. The molecule has 1 aliphatic heterocycles. The van der Waals surface area contributed by atoms with Gasteiger partial charge in [0.15, 0.2) is 0 Å². The van der Waals surface area contributed by atoms with Crippen molar-refractivity contribution in [3.05, 3.63) is 28.5 Å². The van der Waals surface area contributed by atoms with E-state index in [-0.39, 0.29) is 5.82 Å². The van der Waals surface area contributed by atoms with Crippen molar-refractivity contribution in [1.82, 2.24) is 5.32 Å². The van der Waals surface area contributed by atoms with E-state index in [1.807, 2.05) is 13.1 Å². The molecule has 1 unspecified atom stereocenters. The summed E-state index contributed by atoms with van der Waals surface area (Å²) in [6.45, 7) is 2.01. The van der Waals surface area contributed by atoms with Crippen molar-refractivity contribution in [2.75, 3.05) is 25.0 Å². The zero-order valence-electron chi connectivity index (χ0n) is 8.63. The molecular weight excluding hydrogens is 259 g/mol. The normalized spacial score (nSPS) is 21.0. The van der Waals surface area contributed by atoms with Crippen molar-refractivity contribution in [2.45, 2.75) is 12.5 Å². The molecule has 0 amide bonds. The number of anilines is 1. The van der Waals surface area contributed by atoms with Gasteiger partial charge in [0.1, 0.15) is 5.82 Å². The van der Waals surface area contributed by atoms with Crippen LogP contribution < -0.4 is 10.2 Å². The van der Waals surface area contributed by atoms with Crippen LogP contribution in [0.5, 0.6) is 0 Å². The van der Waals surface area contributed by atoms with Crippen LogP contribution in [0, 0.1) is 5.82 Å². The van der Waals surface area contributed by atoms with E-state index in [0.29, 0.717) is 6.04 Å². The Morgan fingerprint density at radius 2 is 2.33 bits per heavy atom. The lowest BCUT2D eigenvalue weighted by Gasteiger charge is -2.20. The lowest BCUT2D eigenvalue weighted by Crippen LogP contribution is -2.29. The molecule has 0 saturated carbocycles. The zero-order chi connectivity index (χ0) is 10.8. The molecule has 1 N–H and O–H groups in total. The van der Waals surface area contributed by atoms with Crippen LogP contribution in [0.3, 0.4) is 0 Å². The van der Waals surface area contributed by atoms with Crippen molar-refractivity contribution in [3.8, 4) is 0 Å². The predicted molar refractivity (Wildman–Crippen MR) is 63.8 cm³/mol. The molecule has 4 heteroatoms. The van der Waals surface area contributed by atoms with Gasteiger partial charge >= 0.3 is 0 Å². The second-order valence-corrected chi connectivity index (χ2v) is 4.67. The number of likely N-dealkylation sites (N-methyl/N-ethyl adjacent to an activating group) is 1. The Kier molecular flexibility index (Phi) is 3.26. The highest BCUT2D eigenvalue weighted by Gasteiger charge is 2.22. The second-order valence-electron chi connectivity index (χ2n) is 3.82. The Labute approximate surface area is 97.6 Å². The molecule has 1 aromatic rings. The van der Waals surface area contributed by atoms with E-state index in [2.05, 4.69) is 26.1 Å². The highest BCUT2D eigenvalue weighted by molar-refractivity contribution is 9.10. The van der Waals surface area contributed by atoms with E-state index < -0.39 is 0 Å². The van der Waals surface area contributed by atoms with E-state index in [0.717, 1.165) is 29.7 Å². The van der Waals surface area contributed by atoms with Crippen LogP contribution in [0.15, 0.2) is 22.7 Å². The standard InChI is InChI=1S/C11H14BrFN2/c1-14-9-4-5-15(7-9)11-3-2-8(13)6-10(11)12/h2-3,6,9,14H,4-5,7H2,1H3. The van der Waals surface area contributed by atoms with Gasteiger partial charge in [-0.05, 0) is 47.6 Å². The van der Waals surface area contributed by atoms with Crippen LogP contribution in [0.4, 0.5) is 10.1 Å². The fraction of sp³-hybridized carbons (Fsp3) is 0.455. The number of benzene rings is 1. The van der Waals surface area contributed by atoms with Crippen LogP contribution in [0.25, 0.3) is 0 Å². The van der Waals surface area contributed by atoms with Crippen LogP contribution >= 0.6 is 15.9 Å². The summed E-state index contributed by atoms with van der Waals surface area (Å²) >= 11 is 3.40. The van der Waals surface area contributed by atoms with E-state index in [1.165, 1.54) is 12.1 Å². The molecule has 1 aromatic carbocycles. The summed E-state index contributed by atoms with van der Waals surface area (Å²) in [5, 5.41) is 3.26. The molecule has 0 aromatic heterocycles. The average molecular weight is 273 g/mol. The Morgan fingerprint density at radius 1 is 1.53 bits per heavy atom. The molecule has 1 saturated heterocycles. The fourth-order valence-electron chi connectivity index (χ4n) is 1.95. The third kappa shape index (κ3) is 2.32. The molecule has 1 heterocycles. The largest absolute Gasteiger partial charge is 0.369 e. The summed E-state index contributed by atoms with van der Waals surface area (Å²) in [4.78, 5) is 2.27. The summed E-state index contributed by atoms with van der Waals surface area (Å²) in [5.74, 6) is -0.199. The minimum atomic E-state index is -0.199. The summed E-state index contributed by atoms with van der Waals surface area (Å²) < 4.78 is 13.7. The average Bonchev–Trinajstić information content (AvgIpc) is 2.66. The topological polar surface area (TPSA) is 15.3 Å². The first-order valence-electron chi connectivity index (χ1n) is 5.08. The molecule has 2 rings (SSSR count). The van der Waals surface area contributed by atoms with Gasteiger partial charge in [-0.1, -0.05) is 0 Å². The first-order valence-corrected chi connectivity index (χ1v) is 5.87. The minimum Gasteiger partial charge on any atom is -0.369 e. The lowest BCUT2D eigenvalue weighted by atomic mass is 10.3. The number of rotatable bonds is 2. The number of halogens is 2.